The Kier molecular flexibility index (Phi) is 11.3. The molecule has 4 aromatic carbocycles. The zero-order valence-corrected chi connectivity index (χ0v) is 28.1. The average molecular weight is 699 g/mol. The molecule has 1 atom stereocenters. The minimum Gasteiger partial charge on any atom is -0.352 e. The molecule has 2 amide bonds. The molecule has 1 saturated carbocycles. The Hall–Kier alpha value is -3.56. The van der Waals surface area contributed by atoms with Crippen LogP contribution in [0.1, 0.15) is 36.8 Å². The molecule has 240 valence electrons. The third-order valence-electron chi connectivity index (χ3n) is 7.98. The SMILES string of the molecule is O=C(NC1CCCC1)C(Cc1ccccc1)N(Cc1ccc(Cl)cc1)C(=O)CN(c1cc(Cl)cc(Cl)c1)S(=O)(=O)c1ccccc1. The Morgan fingerprint density at radius 1 is 0.761 bits per heavy atom. The van der Waals surface area contributed by atoms with Gasteiger partial charge in [-0.25, -0.2) is 8.42 Å². The van der Waals surface area contributed by atoms with Crippen molar-refractivity contribution in [3.8, 4) is 0 Å². The van der Waals surface area contributed by atoms with Crippen LogP contribution < -0.4 is 9.62 Å². The number of hydrogen-bond donors (Lipinski definition) is 1. The molecule has 0 saturated heterocycles. The van der Waals surface area contributed by atoms with Crippen LogP contribution in [0.5, 0.6) is 0 Å². The van der Waals surface area contributed by atoms with Gasteiger partial charge in [-0.1, -0.05) is 108 Å². The maximum absolute atomic E-state index is 14.6. The summed E-state index contributed by atoms with van der Waals surface area (Å²) in [5.74, 6) is -0.866. The van der Waals surface area contributed by atoms with Crippen LogP contribution >= 0.6 is 34.8 Å². The number of halogens is 3. The van der Waals surface area contributed by atoms with Crippen LogP contribution in [-0.2, 0) is 32.6 Å². The van der Waals surface area contributed by atoms with Gasteiger partial charge in [0.05, 0.1) is 10.6 Å². The van der Waals surface area contributed by atoms with Crippen molar-refractivity contribution in [2.75, 3.05) is 10.8 Å². The van der Waals surface area contributed by atoms with E-state index in [4.69, 9.17) is 34.8 Å². The Balaban J connectivity index is 1.57. The standard InChI is InChI=1S/C35H34Cl3N3O4S/c36-27-17-15-26(16-18-27)23-40(33(19-25-9-3-1-4-10-25)35(43)39-30-11-7-8-12-30)34(42)24-41(31-21-28(37)20-29(38)22-31)46(44,45)32-13-5-2-6-14-32/h1-6,9-10,13-18,20-22,30,33H,7-8,11-12,19,23-24H2,(H,39,43). The van der Waals surface area contributed by atoms with Gasteiger partial charge in [-0.05, 0) is 66.4 Å². The van der Waals surface area contributed by atoms with Gasteiger partial charge in [0.25, 0.3) is 10.0 Å². The molecule has 0 bridgehead atoms. The second-order valence-electron chi connectivity index (χ2n) is 11.3. The molecule has 0 spiro atoms. The summed E-state index contributed by atoms with van der Waals surface area (Å²) < 4.78 is 29.2. The molecule has 0 aliphatic heterocycles. The molecule has 0 aromatic heterocycles. The van der Waals surface area contributed by atoms with E-state index in [1.165, 1.54) is 35.2 Å². The fourth-order valence-corrected chi connectivity index (χ4v) is 7.70. The van der Waals surface area contributed by atoms with Gasteiger partial charge in [-0.2, -0.15) is 0 Å². The first-order valence-corrected chi connectivity index (χ1v) is 17.6. The van der Waals surface area contributed by atoms with Gasteiger partial charge in [0.15, 0.2) is 0 Å². The van der Waals surface area contributed by atoms with Crippen LogP contribution in [0.3, 0.4) is 0 Å². The van der Waals surface area contributed by atoms with Gasteiger partial charge in [-0.15, -0.1) is 0 Å². The molecule has 1 aliphatic carbocycles. The number of nitrogens with one attached hydrogen (secondary N) is 1. The monoisotopic (exact) mass is 697 g/mol. The predicted molar refractivity (Wildman–Crippen MR) is 184 cm³/mol. The largest absolute Gasteiger partial charge is 0.352 e. The first-order valence-electron chi connectivity index (χ1n) is 15.0. The molecule has 1 fully saturated rings. The lowest BCUT2D eigenvalue weighted by Gasteiger charge is -2.34. The lowest BCUT2D eigenvalue weighted by molar-refractivity contribution is -0.140. The number of anilines is 1. The lowest BCUT2D eigenvalue weighted by atomic mass is 10.0. The molecular weight excluding hydrogens is 665 g/mol. The highest BCUT2D eigenvalue weighted by Gasteiger charge is 2.35. The topological polar surface area (TPSA) is 86.8 Å². The Bertz CT molecular complexity index is 1730. The first kappa shape index (κ1) is 33.8. The Morgan fingerprint density at radius 2 is 1.35 bits per heavy atom. The maximum atomic E-state index is 14.6. The summed E-state index contributed by atoms with van der Waals surface area (Å²) in [7, 11) is -4.27. The third kappa shape index (κ3) is 8.62. The average Bonchev–Trinajstić information content (AvgIpc) is 3.55. The summed E-state index contributed by atoms with van der Waals surface area (Å²) in [6.45, 7) is -0.565. The van der Waals surface area contributed by atoms with Crippen molar-refractivity contribution in [1.82, 2.24) is 10.2 Å². The molecule has 1 aliphatic rings. The smallest absolute Gasteiger partial charge is 0.264 e. The number of carbonyl (C=O) groups excluding carboxylic acids is 2. The summed E-state index contributed by atoms with van der Waals surface area (Å²) >= 11 is 18.8. The number of carbonyl (C=O) groups is 2. The zero-order valence-electron chi connectivity index (χ0n) is 25.0. The van der Waals surface area contributed by atoms with Gasteiger partial charge in [0.2, 0.25) is 11.8 Å². The lowest BCUT2D eigenvalue weighted by Crippen LogP contribution is -2.54. The highest BCUT2D eigenvalue weighted by molar-refractivity contribution is 7.92. The minimum atomic E-state index is -4.27. The number of hydrogen-bond acceptors (Lipinski definition) is 4. The van der Waals surface area contributed by atoms with Gasteiger partial charge in [-0.3, -0.25) is 13.9 Å². The molecule has 46 heavy (non-hydrogen) atoms. The third-order valence-corrected chi connectivity index (χ3v) is 10.5. The van der Waals surface area contributed by atoms with E-state index < -0.39 is 28.5 Å². The van der Waals surface area contributed by atoms with Crippen molar-refractivity contribution in [2.45, 2.75) is 55.6 Å². The normalized spacial score (nSPS) is 14.1. The molecule has 0 radical (unpaired) electrons. The van der Waals surface area contributed by atoms with E-state index >= 15 is 0 Å². The van der Waals surface area contributed by atoms with Crippen LogP contribution in [0, 0.1) is 0 Å². The second kappa shape index (κ2) is 15.4. The molecule has 11 heteroatoms. The second-order valence-corrected chi connectivity index (χ2v) is 14.5. The first-order chi connectivity index (χ1) is 22.1. The van der Waals surface area contributed by atoms with E-state index in [9.17, 15) is 18.0 Å². The van der Waals surface area contributed by atoms with Gasteiger partial charge >= 0.3 is 0 Å². The van der Waals surface area contributed by atoms with Crippen molar-refractivity contribution in [2.24, 2.45) is 0 Å². The van der Waals surface area contributed by atoms with Crippen LogP contribution in [0.15, 0.2) is 108 Å². The molecule has 7 nitrogen and oxygen atoms in total. The summed E-state index contributed by atoms with van der Waals surface area (Å²) in [5.41, 5.74) is 1.71. The van der Waals surface area contributed by atoms with E-state index in [-0.39, 0.29) is 45.5 Å². The number of sulfonamides is 1. The van der Waals surface area contributed by atoms with Crippen molar-refractivity contribution in [3.05, 3.63) is 129 Å². The summed E-state index contributed by atoms with van der Waals surface area (Å²) in [5, 5.41) is 4.11. The molecule has 1 unspecified atom stereocenters. The van der Waals surface area contributed by atoms with Crippen LogP contribution in [0.25, 0.3) is 0 Å². The number of benzene rings is 4. The Labute approximate surface area is 285 Å². The van der Waals surface area contributed by atoms with Crippen molar-refractivity contribution < 1.29 is 18.0 Å². The molecule has 0 heterocycles. The number of rotatable bonds is 12. The molecule has 5 rings (SSSR count). The van der Waals surface area contributed by atoms with Crippen molar-refractivity contribution >= 4 is 62.3 Å². The maximum Gasteiger partial charge on any atom is 0.264 e. The van der Waals surface area contributed by atoms with E-state index in [2.05, 4.69) is 5.32 Å². The van der Waals surface area contributed by atoms with Crippen LogP contribution in [0.4, 0.5) is 5.69 Å². The van der Waals surface area contributed by atoms with Crippen LogP contribution in [0.2, 0.25) is 15.1 Å². The van der Waals surface area contributed by atoms with E-state index in [1.54, 1.807) is 42.5 Å². The number of amides is 2. The van der Waals surface area contributed by atoms with E-state index in [0.717, 1.165) is 41.1 Å². The van der Waals surface area contributed by atoms with E-state index in [0.29, 0.717) is 5.02 Å². The van der Waals surface area contributed by atoms with Gasteiger partial charge in [0, 0.05) is 34.1 Å². The van der Waals surface area contributed by atoms with Gasteiger partial charge < -0.3 is 10.2 Å². The summed E-state index contributed by atoms with van der Waals surface area (Å²) in [6.07, 6.45) is 4.01. The zero-order chi connectivity index (χ0) is 32.7. The quantitative estimate of drug-likeness (QED) is 0.166. The minimum absolute atomic E-state index is 0.0111. The van der Waals surface area contributed by atoms with Gasteiger partial charge in [0.1, 0.15) is 12.6 Å². The van der Waals surface area contributed by atoms with Crippen molar-refractivity contribution in [3.63, 3.8) is 0 Å². The van der Waals surface area contributed by atoms with E-state index in [1.807, 2.05) is 30.3 Å². The fraction of sp³-hybridized carbons (Fsp3) is 0.257. The van der Waals surface area contributed by atoms with Crippen molar-refractivity contribution in [1.29, 1.82) is 0 Å². The van der Waals surface area contributed by atoms with Crippen LogP contribution in [-0.4, -0.2) is 43.8 Å². The highest BCUT2D eigenvalue weighted by Crippen LogP contribution is 2.30. The predicted octanol–water partition coefficient (Wildman–Crippen LogP) is 7.54. The summed E-state index contributed by atoms with van der Waals surface area (Å²) in [6, 6.07) is 27.7. The fourth-order valence-electron chi connectivity index (χ4n) is 5.64. The molecule has 4 aromatic rings. The highest BCUT2D eigenvalue weighted by atomic mass is 35.5. The summed E-state index contributed by atoms with van der Waals surface area (Å²) in [4.78, 5) is 30.1. The number of nitrogens with zero attached hydrogens (tertiary/aromatic N) is 2. The molecule has 1 N–H and O–H groups in total. The Morgan fingerprint density at radius 3 is 1.96 bits per heavy atom. The molecular formula is C35H34Cl3N3O4S.